The Labute approximate surface area is 170 Å². The molecule has 154 valence electrons. The van der Waals surface area contributed by atoms with Crippen LogP contribution < -0.4 is 0 Å². The molecule has 1 nitrogen and oxygen atoms in total. The number of fused-ring (bicyclic) bond motifs is 1. The monoisotopic (exact) mass is 438 g/mol. The first kappa shape index (κ1) is 20.4. The molecule has 1 N–H and O–H groups in total. The number of rotatable bonds is 3. The maximum atomic E-state index is 13.0. The Kier molecular flexibility index (Phi) is 5.05. The molecule has 0 unspecified atom stereocenters. The zero-order valence-electron chi connectivity index (χ0n) is 15.2. The van der Waals surface area contributed by atoms with Crippen LogP contribution in [0.1, 0.15) is 11.1 Å². The lowest BCUT2D eigenvalue weighted by atomic mass is 10.2. The molecule has 0 spiro atoms. The molecule has 8 heteroatoms. The van der Waals surface area contributed by atoms with Gasteiger partial charge in [0.15, 0.2) is 14.7 Å². The van der Waals surface area contributed by atoms with E-state index in [9.17, 15) is 26.3 Å². The van der Waals surface area contributed by atoms with Crippen LogP contribution in [0.15, 0.2) is 93.7 Å². The van der Waals surface area contributed by atoms with Crippen LogP contribution in [-0.2, 0) is 23.2 Å². The smallest absolute Gasteiger partial charge is 0.357 e. The summed E-state index contributed by atoms with van der Waals surface area (Å²) in [6.07, 6.45) is -7.18. The normalized spacial score (nSPS) is 12.6. The van der Waals surface area contributed by atoms with Gasteiger partial charge >= 0.3 is 12.4 Å². The van der Waals surface area contributed by atoms with E-state index < -0.39 is 34.4 Å². The maximum absolute atomic E-state index is 13.0. The summed E-state index contributed by atoms with van der Waals surface area (Å²) >= 11 is 0. The summed E-state index contributed by atoms with van der Waals surface area (Å²) in [5, 5.41) is 0.862. The second kappa shape index (κ2) is 7.43. The minimum absolute atomic E-state index is 0.576. The molecule has 0 aliphatic heterocycles. The molecule has 0 bridgehead atoms. The number of hydrogen-bond acceptors (Lipinski definition) is 0. The van der Waals surface area contributed by atoms with Crippen LogP contribution in [0.3, 0.4) is 0 Å². The van der Waals surface area contributed by atoms with E-state index in [2.05, 4.69) is 4.98 Å². The van der Waals surface area contributed by atoms with Gasteiger partial charge in [-0.2, -0.15) is 26.3 Å². The van der Waals surface area contributed by atoms with Crippen molar-refractivity contribution < 1.29 is 26.3 Å². The van der Waals surface area contributed by atoms with Gasteiger partial charge in [0.2, 0.25) is 0 Å². The zero-order valence-corrected chi connectivity index (χ0v) is 16.0. The van der Waals surface area contributed by atoms with E-state index in [1.165, 1.54) is 24.3 Å². The molecule has 30 heavy (non-hydrogen) atoms. The van der Waals surface area contributed by atoms with Crippen molar-refractivity contribution in [2.45, 2.75) is 27.0 Å². The molecule has 4 aromatic rings. The average Bonchev–Trinajstić information content (AvgIpc) is 3.12. The van der Waals surface area contributed by atoms with Gasteiger partial charge in [0, 0.05) is 0 Å². The van der Waals surface area contributed by atoms with Crippen LogP contribution in [0.25, 0.3) is 10.9 Å². The standard InChI is InChI=1S/C22H14F6NS/c23-21(24,25)14-5-9-16(10-6-14)30(17-11-7-15(8-12-17)22(26,27)28)20-13-29-19-4-2-1-3-18(19)20/h1-13,29H/q+1. The van der Waals surface area contributed by atoms with E-state index in [-0.39, 0.29) is 0 Å². The number of nitrogens with one attached hydrogen (secondary N) is 1. The van der Waals surface area contributed by atoms with E-state index >= 15 is 0 Å². The minimum atomic E-state index is -4.47. The molecule has 0 atom stereocenters. The van der Waals surface area contributed by atoms with Crippen molar-refractivity contribution in [1.82, 2.24) is 4.98 Å². The Morgan fingerprint density at radius 1 is 0.600 bits per heavy atom. The van der Waals surface area contributed by atoms with Crippen molar-refractivity contribution in [2.75, 3.05) is 0 Å². The number of H-pyrrole nitrogens is 1. The Balaban J connectivity index is 1.85. The highest BCUT2D eigenvalue weighted by molar-refractivity contribution is 7.97. The fourth-order valence-electron chi connectivity index (χ4n) is 3.16. The SMILES string of the molecule is FC(F)(F)c1ccc([S+](c2ccc(C(F)(F)F)cc2)c2c[nH]c3ccccc23)cc1. The highest BCUT2D eigenvalue weighted by Crippen LogP contribution is 2.38. The Morgan fingerprint density at radius 3 is 1.53 bits per heavy atom. The third-order valence-corrected chi connectivity index (χ3v) is 6.87. The predicted octanol–water partition coefficient (Wildman–Crippen LogP) is 7.30. The summed E-state index contributed by atoms with van der Waals surface area (Å²) in [5.74, 6) is 0. The van der Waals surface area contributed by atoms with E-state index in [1.54, 1.807) is 6.20 Å². The largest absolute Gasteiger partial charge is 0.416 e. The number of aromatic amines is 1. The van der Waals surface area contributed by atoms with Crippen LogP contribution in [-0.4, -0.2) is 4.98 Å². The average molecular weight is 438 g/mol. The molecule has 0 amide bonds. The van der Waals surface area contributed by atoms with Crippen LogP contribution in [0.2, 0.25) is 0 Å². The van der Waals surface area contributed by atoms with Gasteiger partial charge in [-0.05, 0) is 60.7 Å². The molecule has 1 aromatic heterocycles. The van der Waals surface area contributed by atoms with Gasteiger partial charge in [0.05, 0.1) is 28.2 Å². The molecule has 0 radical (unpaired) electrons. The molecule has 0 saturated carbocycles. The second-order valence-electron chi connectivity index (χ2n) is 6.55. The van der Waals surface area contributed by atoms with Gasteiger partial charge < -0.3 is 4.98 Å². The fraction of sp³-hybridized carbons (Fsp3) is 0.0909. The summed E-state index contributed by atoms with van der Waals surface area (Å²) in [5.41, 5.74) is -0.717. The van der Waals surface area contributed by atoms with Crippen molar-refractivity contribution in [1.29, 1.82) is 0 Å². The van der Waals surface area contributed by atoms with Crippen molar-refractivity contribution in [3.63, 3.8) is 0 Å². The van der Waals surface area contributed by atoms with Crippen LogP contribution >= 0.6 is 0 Å². The fourth-order valence-corrected chi connectivity index (χ4v) is 5.34. The molecular formula is C22H14F6NS+. The second-order valence-corrected chi connectivity index (χ2v) is 8.54. The summed E-state index contributed by atoms with van der Waals surface area (Å²) in [6.45, 7) is 0. The van der Waals surface area contributed by atoms with Gasteiger partial charge in [-0.15, -0.1) is 0 Å². The van der Waals surface area contributed by atoms with Crippen molar-refractivity contribution >= 4 is 21.8 Å². The van der Waals surface area contributed by atoms with Crippen molar-refractivity contribution in [3.8, 4) is 0 Å². The number of para-hydroxylation sites is 1. The molecule has 3 aromatic carbocycles. The minimum Gasteiger partial charge on any atom is -0.357 e. The summed E-state index contributed by atoms with van der Waals surface area (Å²) < 4.78 is 77.8. The predicted molar refractivity (Wildman–Crippen MR) is 103 cm³/mol. The number of benzene rings is 3. The van der Waals surface area contributed by atoms with E-state index in [1.807, 2.05) is 24.3 Å². The summed E-state index contributed by atoms with van der Waals surface area (Å²) in [7, 11) is -0.894. The summed E-state index contributed by atoms with van der Waals surface area (Å²) in [4.78, 5) is 5.08. The first-order valence-corrected chi connectivity index (χ1v) is 10.0. The number of aromatic nitrogens is 1. The topological polar surface area (TPSA) is 15.8 Å². The third-order valence-electron chi connectivity index (χ3n) is 4.61. The highest BCUT2D eigenvalue weighted by atomic mass is 32.2. The Hall–Kier alpha value is -2.87. The molecule has 0 aliphatic rings. The Bertz CT molecular complexity index is 1100. The first-order valence-electron chi connectivity index (χ1n) is 8.79. The third kappa shape index (κ3) is 3.92. The number of alkyl halides is 6. The molecule has 4 rings (SSSR count). The molecule has 1 heterocycles. The number of hydrogen-bond donors (Lipinski definition) is 1. The highest BCUT2D eigenvalue weighted by Gasteiger charge is 2.36. The van der Waals surface area contributed by atoms with Gasteiger partial charge in [-0.25, -0.2) is 0 Å². The summed E-state index contributed by atoms with van der Waals surface area (Å²) in [6, 6.07) is 16.9. The lowest BCUT2D eigenvalue weighted by molar-refractivity contribution is -0.138. The Morgan fingerprint density at radius 2 is 1.07 bits per heavy atom. The zero-order chi connectivity index (χ0) is 21.5. The van der Waals surface area contributed by atoms with Crippen molar-refractivity contribution in [2.24, 2.45) is 0 Å². The van der Waals surface area contributed by atoms with Gasteiger partial charge in [0.1, 0.15) is 10.9 Å². The van der Waals surface area contributed by atoms with Gasteiger partial charge in [-0.1, -0.05) is 12.1 Å². The first-order chi connectivity index (χ1) is 14.1. The number of halogens is 6. The van der Waals surface area contributed by atoms with E-state index in [4.69, 9.17) is 0 Å². The maximum Gasteiger partial charge on any atom is 0.416 e. The molecule has 0 aliphatic carbocycles. The van der Waals surface area contributed by atoms with E-state index in [0.717, 1.165) is 40.1 Å². The van der Waals surface area contributed by atoms with Gasteiger partial charge in [-0.3, -0.25) is 0 Å². The lowest BCUT2D eigenvalue weighted by Gasteiger charge is -2.11. The molecular weight excluding hydrogens is 424 g/mol. The molecule has 0 fully saturated rings. The van der Waals surface area contributed by atoms with Crippen LogP contribution in [0.4, 0.5) is 26.3 Å². The quantitative estimate of drug-likeness (QED) is 0.255. The van der Waals surface area contributed by atoms with Crippen LogP contribution in [0, 0.1) is 0 Å². The van der Waals surface area contributed by atoms with Gasteiger partial charge in [0.25, 0.3) is 0 Å². The lowest BCUT2D eigenvalue weighted by Crippen LogP contribution is -2.09. The van der Waals surface area contributed by atoms with Crippen molar-refractivity contribution in [3.05, 3.63) is 90.1 Å². The van der Waals surface area contributed by atoms with E-state index in [0.29, 0.717) is 9.79 Å². The van der Waals surface area contributed by atoms with Crippen LogP contribution in [0.5, 0.6) is 0 Å². The molecule has 0 saturated heterocycles.